The summed E-state index contributed by atoms with van der Waals surface area (Å²) in [4.78, 5) is 10.5. The van der Waals surface area contributed by atoms with Crippen molar-refractivity contribution in [3.63, 3.8) is 0 Å². The standard InChI is InChI=1S/C6H2F2IN5/c7-3-2(9)4(8)13-6(12-3)5-10-1-11-14-5/h1H,(H,10,11,14). The minimum absolute atomic E-state index is 0.124. The molecule has 0 atom stereocenters. The van der Waals surface area contributed by atoms with Gasteiger partial charge in [-0.2, -0.15) is 23.8 Å². The number of H-pyrrole nitrogens is 1. The van der Waals surface area contributed by atoms with Crippen LogP contribution in [0.2, 0.25) is 0 Å². The van der Waals surface area contributed by atoms with Crippen LogP contribution >= 0.6 is 22.6 Å². The van der Waals surface area contributed by atoms with Gasteiger partial charge in [-0.1, -0.05) is 0 Å². The Hall–Kier alpha value is -1.19. The second kappa shape index (κ2) is 3.52. The molecule has 14 heavy (non-hydrogen) atoms. The SMILES string of the molecule is Fc1nc(-c2ncn[nH]2)nc(F)c1I. The maximum atomic E-state index is 13.0. The Morgan fingerprint density at radius 3 is 2.36 bits per heavy atom. The minimum atomic E-state index is -0.912. The van der Waals surface area contributed by atoms with Crippen molar-refractivity contribution in [3.05, 3.63) is 21.8 Å². The summed E-state index contributed by atoms with van der Waals surface area (Å²) < 4.78 is 25.7. The Labute approximate surface area is 90.1 Å². The van der Waals surface area contributed by atoms with Gasteiger partial charge in [0, 0.05) is 0 Å². The van der Waals surface area contributed by atoms with E-state index in [1.165, 1.54) is 28.9 Å². The normalized spacial score (nSPS) is 10.5. The van der Waals surface area contributed by atoms with Crippen LogP contribution in [0, 0.1) is 15.5 Å². The highest BCUT2D eigenvalue weighted by Gasteiger charge is 2.14. The van der Waals surface area contributed by atoms with E-state index in [0.717, 1.165) is 0 Å². The largest absolute Gasteiger partial charge is 0.257 e. The van der Waals surface area contributed by atoms with E-state index in [-0.39, 0.29) is 15.2 Å². The van der Waals surface area contributed by atoms with Crippen LogP contribution in [0.15, 0.2) is 6.33 Å². The molecular weight excluding hydrogens is 307 g/mol. The number of hydrogen-bond donors (Lipinski definition) is 1. The van der Waals surface area contributed by atoms with Crippen LogP contribution in [0.1, 0.15) is 0 Å². The molecule has 0 bridgehead atoms. The lowest BCUT2D eigenvalue weighted by atomic mass is 10.5. The molecule has 1 N–H and O–H groups in total. The summed E-state index contributed by atoms with van der Waals surface area (Å²) in [5.41, 5.74) is 0. The summed E-state index contributed by atoms with van der Waals surface area (Å²) in [5, 5.41) is 5.92. The molecule has 0 radical (unpaired) electrons. The molecule has 2 aromatic heterocycles. The van der Waals surface area contributed by atoms with Gasteiger partial charge in [-0.3, -0.25) is 5.10 Å². The highest BCUT2D eigenvalue weighted by Crippen LogP contribution is 2.15. The van der Waals surface area contributed by atoms with E-state index in [0.29, 0.717) is 0 Å². The lowest BCUT2D eigenvalue weighted by Crippen LogP contribution is -2.01. The second-order valence-electron chi connectivity index (χ2n) is 2.28. The van der Waals surface area contributed by atoms with Crippen LogP contribution in [0.4, 0.5) is 8.78 Å². The van der Waals surface area contributed by atoms with Crippen LogP contribution in [0.25, 0.3) is 11.6 Å². The number of halogens is 3. The molecule has 0 aromatic carbocycles. The molecule has 0 aliphatic rings. The quantitative estimate of drug-likeness (QED) is 0.634. The molecular formula is C6H2F2IN5. The first kappa shape index (κ1) is 9.37. The van der Waals surface area contributed by atoms with Crippen LogP contribution in [-0.4, -0.2) is 25.1 Å². The topological polar surface area (TPSA) is 67.3 Å². The van der Waals surface area contributed by atoms with Gasteiger partial charge in [-0.25, -0.2) is 4.98 Å². The lowest BCUT2D eigenvalue weighted by Gasteiger charge is -1.97. The van der Waals surface area contributed by atoms with Gasteiger partial charge in [0.2, 0.25) is 17.7 Å². The smallest absolute Gasteiger partial charge is 0.233 e. The summed E-state index contributed by atoms with van der Waals surface area (Å²) in [7, 11) is 0. The zero-order valence-corrected chi connectivity index (χ0v) is 8.66. The molecule has 0 unspecified atom stereocenters. The monoisotopic (exact) mass is 309 g/mol. The van der Waals surface area contributed by atoms with Crippen LogP contribution < -0.4 is 0 Å². The Morgan fingerprint density at radius 2 is 1.86 bits per heavy atom. The number of nitrogens with one attached hydrogen (secondary N) is 1. The summed E-state index contributed by atoms with van der Waals surface area (Å²) in [6.07, 6.45) is 1.20. The summed E-state index contributed by atoms with van der Waals surface area (Å²) in [6, 6.07) is 0. The maximum absolute atomic E-state index is 13.0. The molecule has 0 saturated heterocycles. The van der Waals surface area contributed by atoms with E-state index in [1.807, 2.05) is 0 Å². The third kappa shape index (κ3) is 1.56. The van der Waals surface area contributed by atoms with E-state index >= 15 is 0 Å². The fourth-order valence-corrected chi connectivity index (χ4v) is 1.05. The van der Waals surface area contributed by atoms with Gasteiger partial charge in [0.05, 0.1) is 0 Å². The van der Waals surface area contributed by atoms with Crippen LogP contribution in [0.5, 0.6) is 0 Å². The first-order chi connectivity index (χ1) is 6.68. The zero-order chi connectivity index (χ0) is 10.1. The van der Waals surface area contributed by atoms with Crippen LogP contribution in [-0.2, 0) is 0 Å². The van der Waals surface area contributed by atoms with Gasteiger partial charge in [-0.15, -0.1) is 0 Å². The average Bonchev–Trinajstić information content (AvgIpc) is 2.66. The molecule has 0 saturated carbocycles. The van der Waals surface area contributed by atoms with Crippen molar-refractivity contribution in [3.8, 4) is 11.6 Å². The van der Waals surface area contributed by atoms with Gasteiger partial charge < -0.3 is 0 Å². The first-order valence-corrected chi connectivity index (χ1v) is 4.50. The molecule has 0 spiro atoms. The Morgan fingerprint density at radius 1 is 1.21 bits per heavy atom. The van der Waals surface area contributed by atoms with Gasteiger partial charge in [0.25, 0.3) is 0 Å². The minimum Gasteiger partial charge on any atom is -0.257 e. The molecule has 0 aliphatic heterocycles. The lowest BCUT2D eigenvalue weighted by molar-refractivity contribution is 0.514. The Bertz CT molecular complexity index is 434. The van der Waals surface area contributed by atoms with Crippen molar-refractivity contribution < 1.29 is 8.78 Å². The first-order valence-electron chi connectivity index (χ1n) is 3.42. The molecule has 0 amide bonds. The van der Waals surface area contributed by atoms with Gasteiger partial charge in [0.15, 0.2) is 5.82 Å². The summed E-state index contributed by atoms with van der Waals surface area (Å²) in [5.74, 6) is -1.86. The molecule has 8 heteroatoms. The highest BCUT2D eigenvalue weighted by molar-refractivity contribution is 14.1. The molecule has 2 rings (SSSR count). The Kier molecular flexibility index (Phi) is 2.35. The van der Waals surface area contributed by atoms with Gasteiger partial charge in [0.1, 0.15) is 9.90 Å². The number of rotatable bonds is 1. The van der Waals surface area contributed by atoms with E-state index in [2.05, 4.69) is 25.1 Å². The molecule has 2 aromatic rings. The predicted molar refractivity (Wildman–Crippen MR) is 50.0 cm³/mol. The average molecular weight is 309 g/mol. The number of aromatic amines is 1. The number of aromatic nitrogens is 5. The van der Waals surface area contributed by atoms with Crippen molar-refractivity contribution in [2.75, 3.05) is 0 Å². The third-order valence-corrected chi connectivity index (χ3v) is 2.29. The van der Waals surface area contributed by atoms with Crippen molar-refractivity contribution in [1.82, 2.24) is 25.1 Å². The molecule has 5 nitrogen and oxygen atoms in total. The molecule has 72 valence electrons. The second-order valence-corrected chi connectivity index (χ2v) is 3.36. The van der Waals surface area contributed by atoms with Gasteiger partial charge in [-0.05, 0) is 22.6 Å². The van der Waals surface area contributed by atoms with E-state index in [4.69, 9.17) is 0 Å². The van der Waals surface area contributed by atoms with E-state index < -0.39 is 11.9 Å². The molecule has 2 heterocycles. The van der Waals surface area contributed by atoms with Crippen molar-refractivity contribution in [2.24, 2.45) is 0 Å². The predicted octanol–water partition coefficient (Wildman–Crippen LogP) is 1.14. The van der Waals surface area contributed by atoms with Crippen molar-refractivity contribution in [2.45, 2.75) is 0 Å². The number of hydrogen-bond acceptors (Lipinski definition) is 4. The fourth-order valence-electron chi connectivity index (χ4n) is 0.813. The maximum Gasteiger partial charge on any atom is 0.233 e. The molecule has 0 aliphatic carbocycles. The zero-order valence-electron chi connectivity index (χ0n) is 6.50. The highest BCUT2D eigenvalue weighted by atomic mass is 127. The molecule has 0 fully saturated rings. The fraction of sp³-hybridized carbons (Fsp3) is 0. The Balaban J connectivity index is 2.57. The number of nitrogens with zero attached hydrogens (tertiary/aromatic N) is 4. The van der Waals surface area contributed by atoms with Crippen molar-refractivity contribution >= 4 is 22.6 Å². The van der Waals surface area contributed by atoms with E-state index in [9.17, 15) is 8.78 Å². The summed E-state index contributed by atoms with van der Waals surface area (Å²) >= 11 is 1.48. The van der Waals surface area contributed by atoms with Gasteiger partial charge >= 0.3 is 0 Å². The summed E-state index contributed by atoms with van der Waals surface area (Å²) in [6.45, 7) is 0. The van der Waals surface area contributed by atoms with Crippen molar-refractivity contribution in [1.29, 1.82) is 0 Å². The van der Waals surface area contributed by atoms with E-state index in [1.54, 1.807) is 0 Å². The third-order valence-electron chi connectivity index (χ3n) is 1.40. The van der Waals surface area contributed by atoms with Crippen LogP contribution in [0.3, 0.4) is 0 Å².